The van der Waals surface area contributed by atoms with Gasteiger partial charge in [0.1, 0.15) is 0 Å². The van der Waals surface area contributed by atoms with Crippen LogP contribution in [0.15, 0.2) is 24.3 Å². The first-order valence-corrected chi connectivity index (χ1v) is 6.88. The van der Waals surface area contributed by atoms with Crippen LogP contribution in [0, 0.1) is 0 Å². The Morgan fingerprint density at radius 2 is 1.75 bits per heavy atom. The molecule has 0 saturated carbocycles. The molecule has 0 radical (unpaired) electrons. The van der Waals surface area contributed by atoms with Crippen LogP contribution in [0.1, 0.15) is 32.3 Å². The van der Waals surface area contributed by atoms with Gasteiger partial charge in [-0.2, -0.15) is 0 Å². The summed E-state index contributed by atoms with van der Waals surface area (Å²) in [4.78, 5) is 23.1. The summed E-state index contributed by atoms with van der Waals surface area (Å²) in [7, 11) is 1.58. The number of amides is 2. The van der Waals surface area contributed by atoms with Gasteiger partial charge in [0.05, 0.1) is 0 Å². The summed E-state index contributed by atoms with van der Waals surface area (Å²) in [5, 5.41) is 7.08. The number of benzene rings is 1. The van der Waals surface area contributed by atoms with Crippen LogP contribution < -0.4 is 16.0 Å². The predicted molar refractivity (Wildman–Crippen MR) is 79.5 cm³/mol. The number of carbonyl (C=O) groups excluding carboxylic acids is 2. The lowest BCUT2D eigenvalue weighted by molar-refractivity contribution is -0.662. The lowest BCUT2D eigenvalue weighted by atomic mass is 10.0. The monoisotopic (exact) mass is 278 g/mol. The molecule has 0 bridgehead atoms. The Labute approximate surface area is 120 Å². The van der Waals surface area contributed by atoms with Crippen molar-refractivity contribution < 1.29 is 14.9 Å². The summed E-state index contributed by atoms with van der Waals surface area (Å²) in [6.45, 7) is 6.28. The third kappa shape index (κ3) is 5.01. The molecule has 1 aromatic carbocycles. The van der Waals surface area contributed by atoms with Crippen molar-refractivity contribution >= 4 is 17.5 Å². The molecule has 0 spiro atoms. The zero-order valence-electron chi connectivity index (χ0n) is 12.6. The van der Waals surface area contributed by atoms with E-state index in [-0.39, 0.29) is 24.4 Å². The van der Waals surface area contributed by atoms with E-state index in [1.54, 1.807) is 19.3 Å². The molecule has 0 aliphatic carbocycles. The number of hydrogen-bond acceptors (Lipinski definition) is 2. The lowest BCUT2D eigenvalue weighted by Crippen LogP contribution is -2.93. The van der Waals surface area contributed by atoms with Gasteiger partial charge >= 0.3 is 0 Å². The van der Waals surface area contributed by atoms with E-state index in [0.717, 1.165) is 5.69 Å². The quantitative estimate of drug-likeness (QED) is 0.706. The van der Waals surface area contributed by atoms with Gasteiger partial charge in [0.15, 0.2) is 12.6 Å². The van der Waals surface area contributed by atoms with Crippen molar-refractivity contribution in [1.29, 1.82) is 0 Å². The first-order chi connectivity index (χ1) is 9.43. The maximum absolute atomic E-state index is 12.0. The van der Waals surface area contributed by atoms with E-state index >= 15 is 0 Å². The van der Waals surface area contributed by atoms with Gasteiger partial charge in [0.25, 0.3) is 11.8 Å². The molecule has 5 nitrogen and oxygen atoms in total. The number of nitrogens with one attached hydrogen (secondary N) is 2. The second kappa shape index (κ2) is 7.65. The Balaban J connectivity index is 2.50. The van der Waals surface area contributed by atoms with Crippen LogP contribution in [0.4, 0.5) is 5.69 Å². The van der Waals surface area contributed by atoms with Gasteiger partial charge in [0, 0.05) is 12.7 Å². The molecule has 0 saturated heterocycles. The second-order valence-electron chi connectivity index (χ2n) is 5.17. The number of rotatable bonds is 6. The molecule has 0 aliphatic heterocycles. The van der Waals surface area contributed by atoms with E-state index in [9.17, 15) is 9.59 Å². The smallest absolute Gasteiger partial charge is 0.282 e. The molecule has 1 rings (SSSR count). The first kappa shape index (κ1) is 16.2. The molecule has 1 aromatic rings. The molecule has 0 heterocycles. The van der Waals surface area contributed by atoms with Crippen LogP contribution in [-0.2, 0) is 9.59 Å². The van der Waals surface area contributed by atoms with Crippen LogP contribution in [0.3, 0.4) is 0 Å². The summed E-state index contributed by atoms with van der Waals surface area (Å²) in [5.74, 6) is 0.275. The van der Waals surface area contributed by atoms with Gasteiger partial charge in [0.2, 0.25) is 0 Å². The minimum atomic E-state index is -0.308. The van der Waals surface area contributed by atoms with Gasteiger partial charge in [-0.05, 0) is 30.5 Å². The Morgan fingerprint density at radius 3 is 2.25 bits per heavy atom. The van der Waals surface area contributed by atoms with Gasteiger partial charge < -0.3 is 16.0 Å². The molecule has 5 heteroatoms. The van der Waals surface area contributed by atoms with E-state index in [1.165, 1.54) is 5.56 Å². The van der Waals surface area contributed by atoms with E-state index in [4.69, 9.17) is 0 Å². The van der Waals surface area contributed by atoms with Gasteiger partial charge in [-0.25, -0.2) is 0 Å². The molecule has 0 aliphatic rings. The fourth-order valence-electron chi connectivity index (χ4n) is 1.70. The molecule has 1 atom stereocenters. The molecular weight excluding hydrogens is 254 g/mol. The van der Waals surface area contributed by atoms with Crippen LogP contribution in [0.25, 0.3) is 0 Å². The highest BCUT2D eigenvalue weighted by Gasteiger charge is 2.17. The number of carbonyl (C=O) groups is 2. The van der Waals surface area contributed by atoms with Crippen molar-refractivity contribution in [3.8, 4) is 0 Å². The molecule has 0 unspecified atom stereocenters. The number of hydrogen-bond donors (Lipinski definition) is 3. The Kier molecular flexibility index (Phi) is 6.18. The van der Waals surface area contributed by atoms with Crippen molar-refractivity contribution in [3.63, 3.8) is 0 Å². The van der Waals surface area contributed by atoms with Crippen LogP contribution in [-0.4, -0.2) is 31.4 Å². The molecule has 2 amide bonds. The lowest BCUT2D eigenvalue weighted by Gasteiger charge is -2.12. The normalized spacial score (nSPS) is 12.1. The van der Waals surface area contributed by atoms with Gasteiger partial charge in [-0.3, -0.25) is 9.59 Å². The Morgan fingerprint density at radius 1 is 1.15 bits per heavy atom. The number of anilines is 1. The summed E-state index contributed by atoms with van der Waals surface area (Å²) >= 11 is 0. The minimum Gasteiger partial charge on any atom is -0.354 e. The highest BCUT2D eigenvalue weighted by Crippen LogP contribution is 2.17. The van der Waals surface area contributed by atoms with Crippen molar-refractivity contribution in [2.24, 2.45) is 0 Å². The third-order valence-corrected chi connectivity index (χ3v) is 3.19. The van der Waals surface area contributed by atoms with E-state index in [0.29, 0.717) is 5.92 Å². The largest absolute Gasteiger partial charge is 0.354 e. The number of likely N-dealkylation sites (N-methyl/N-ethyl adjacent to an activating group) is 1. The molecule has 0 aromatic heterocycles. The minimum absolute atomic E-state index is 0.0917. The van der Waals surface area contributed by atoms with Gasteiger partial charge in [-0.1, -0.05) is 26.0 Å². The molecule has 110 valence electrons. The first-order valence-electron chi connectivity index (χ1n) is 6.88. The van der Waals surface area contributed by atoms with E-state index in [1.807, 2.05) is 24.3 Å². The van der Waals surface area contributed by atoms with Crippen molar-refractivity contribution in [3.05, 3.63) is 29.8 Å². The summed E-state index contributed by atoms with van der Waals surface area (Å²) in [6.07, 6.45) is 0. The third-order valence-electron chi connectivity index (χ3n) is 3.19. The summed E-state index contributed by atoms with van der Waals surface area (Å²) in [5.41, 5.74) is 2.02. The van der Waals surface area contributed by atoms with Crippen LogP contribution >= 0.6 is 0 Å². The topological polar surface area (TPSA) is 74.8 Å². The highest BCUT2D eigenvalue weighted by molar-refractivity contribution is 5.93. The molecule has 0 fully saturated rings. The van der Waals surface area contributed by atoms with Gasteiger partial charge in [-0.15, -0.1) is 0 Å². The van der Waals surface area contributed by atoms with E-state index < -0.39 is 0 Å². The molecule has 4 N–H and O–H groups in total. The summed E-state index contributed by atoms with van der Waals surface area (Å²) < 4.78 is 0. The zero-order chi connectivity index (χ0) is 15.1. The van der Waals surface area contributed by atoms with Crippen LogP contribution in [0.2, 0.25) is 0 Å². The zero-order valence-corrected chi connectivity index (χ0v) is 12.6. The Bertz CT molecular complexity index is 455. The van der Waals surface area contributed by atoms with E-state index in [2.05, 4.69) is 24.5 Å². The fraction of sp³-hybridized carbons (Fsp3) is 0.467. The fourth-order valence-corrected chi connectivity index (χ4v) is 1.70. The number of quaternary nitrogens is 1. The molecular formula is C15H24N3O2+. The predicted octanol–water partition coefficient (Wildman–Crippen LogP) is 0.446. The summed E-state index contributed by atoms with van der Waals surface area (Å²) in [6, 6.07) is 7.52. The second-order valence-corrected chi connectivity index (χ2v) is 5.17. The SMILES string of the molecule is CNC(=O)C[NH2+][C@@H](C)C(=O)Nc1ccc(C(C)C)cc1. The van der Waals surface area contributed by atoms with Crippen LogP contribution in [0.5, 0.6) is 0 Å². The average molecular weight is 278 g/mol. The standard InChI is InChI=1S/C15H23N3O2/c1-10(2)12-5-7-13(8-6-12)18-15(20)11(3)17-9-14(19)16-4/h5-8,10-11,17H,9H2,1-4H3,(H,16,19)(H,18,20)/p+1/t11-/m0/s1. The Hall–Kier alpha value is -1.88. The maximum atomic E-state index is 12.0. The van der Waals surface area contributed by atoms with Crippen molar-refractivity contribution in [1.82, 2.24) is 5.32 Å². The van der Waals surface area contributed by atoms with Crippen molar-refractivity contribution in [2.45, 2.75) is 32.7 Å². The number of nitrogens with two attached hydrogens (primary N) is 1. The molecule has 20 heavy (non-hydrogen) atoms. The highest BCUT2D eigenvalue weighted by atomic mass is 16.2. The van der Waals surface area contributed by atoms with Crippen molar-refractivity contribution in [2.75, 3.05) is 18.9 Å². The average Bonchev–Trinajstić information content (AvgIpc) is 2.44. The maximum Gasteiger partial charge on any atom is 0.282 e.